The number of aromatic nitrogens is 1. The third-order valence-corrected chi connectivity index (χ3v) is 5.76. The van der Waals surface area contributed by atoms with Crippen LogP contribution in [0.5, 0.6) is 0 Å². The van der Waals surface area contributed by atoms with Gasteiger partial charge in [0.05, 0.1) is 34.6 Å². The Hall–Kier alpha value is -2.47. The summed E-state index contributed by atoms with van der Waals surface area (Å²) in [7, 11) is -3.68. The average Bonchev–Trinajstić information content (AvgIpc) is 2.62. The van der Waals surface area contributed by atoms with E-state index >= 15 is 0 Å². The van der Waals surface area contributed by atoms with E-state index in [1.807, 2.05) is 0 Å². The van der Waals surface area contributed by atoms with Gasteiger partial charge in [0.15, 0.2) is 5.82 Å². The third kappa shape index (κ3) is 3.64. The lowest BCUT2D eigenvalue weighted by Crippen LogP contribution is -2.52. The van der Waals surface area contributed by atoms with Crippen molar-refractivity contribution in [2.45, 2.75) is 10.9 Å². The minimum Gasteiger partial charge on any atom is -0.396 e. The van der Waals surface area contributed by atoms with Crippen molar-refractivity contribution in [3.05, 3.63) is 54.1 Å². The second-order valence-corrected chi connectivity index (χ2v) is 7.39. The number of nitrogens with zero attached hydrogens (tertiary/aromatic N) is 2. The topological polar surface area (TPSA) is 88.3 Å². The maximum atomic E-state index is 13.8. The molecule has 2 heterocycles. The van der Waals surface area contributed by atoms with Crippen LogP contribution in [-0.4, -0.2) is 43.4 Å². The maximum Gasteiger partial charge on any atom is 0.244 e. The number of sulfonamides is 1. The summed E-state index contributed by atoms with van der Waals surface area (Å²) < 4.78 is 40.9. The summed E-state index contributed by atoms with van der Waals surface area (Å²) in [4.78, 5) is 3.85. The second-order valence-electron chi connectivity index (χ2n) is 5.50. The molecule has 1 aromatic heterocycles. The normalized spacial score (nSPS) is 18.4. The molecule has 0 bridgehead atoms. The molecule has 1 atom stereocenters. The van der Waals surface area contributed by atoms with Gasteiger partial charge in [0, 0.05) is 19.6 Å². The van der Waals surface area contributed by atoms with E-state index in [0.717, 1.165) is 6.20 Å². The number of benzene rings is 1. The summed E-state index contributed by atoms with van der Waals surface area (Å²) in [6.07, 6.45) is 2.34. The zero-order chi connectivity index (χ0) is 17.9. The number of halogens is 1. The number of hydrogen-bond acceptors (Lipinski definition) is 5. The van der Waals surface area contributed by atoms with Crippen molar-refractivity contribution >= 4 is 15.7 Å². The average molecular weight is 360 g/mol. The third-order valence-electron chi connectivity index (χ3n) is 3.84. The van der Waals surface area contributed by atoms with Crippen LogP contribution in [0, 0.1) is 17.7 Å². The molecule has 0 aliphatic carbocycles. The Morgan fingerprint density at radius 1 is 1.28 bits per heavy atom. The Bertz CT molecular complexity index is 902. The van der Waals surface area contributed by atoms with E-state index in [2.05, 4.69) is 22.1 Å². The van der Waals surface area contributed by atoms with E-state index in [1.54, 1.807) is 30.3 Å². The quantitative estimate of drug-likeness (QED) is 0.774. The zero-order valence-electron chi connectivity index (χ0n) is 13.3. The number of nitrogen functional groups attached to an aromatic ring is 1. The number of hydrogen-bond donors (Lipinski definition) is 2. The van der Waals surface area contributed by atoms with Crippen LogP contribution in [0.15, 0.2) is 47.6 Å². The van der Waals surface area contributed by atoms with Gasteiger partial charge in [-0.05, 0) is 12.1 Å². The Labute approximate surface area is 145 Å². The number of pyridine rings is 1. The second kappa shape index (κ2) is 7.19. The Kier molecular flexibility index (Phi) is 4.99. The number of nitrogens with one attached hydrogen (secondary N) is 1. The fourth-order valence-corrected chi connectivity index (χ4v) is 4.13. The number of rotatable bonds is 2. The molecule has 0 amide bonds. The molecule has 0 unspecified atom stereocenters. The van der Waals surface area contributed by atoms with Crippen molar-refractivity contribution in [2.75, 3.05) is 25.4 Å². The van der Waals surface area contributed by atoms with Gasteiger partial charge < -0.3 is 11.1 Å². The predicted molar refractivity (Wildman–Crippen MR) is 92.5 cm³/mol. The molecule has 0 saturated carbocycles. The minimum atomic E-state index is -3.68. The van der Waals surface area contributed by atoms with Gasteiger partial charge in [0.2, 0.25) is 10.0 Å². The van der Waals surface area contributed by atoms with Crippen LogP contribution in [-0.2, 0) is 10.0 Å². The van der Waals surface area contributed by atoms with Crippen LogP contribution < -0.4 is 11.1 Å². The van der Waals surface area contributed by atoms with Crippen LogP contribution in [0.4, 0.5) is 10.1 Å². The lowest BCUT2D eigenvalue weighted by Gasteiger charge is -2.32. The summed E-state index contributed by atoms with van der Waals surface area (Å²) in [5.41, 5.74) is 5.84. The molecule has 6 nitrogen and oxygen atoms in total. The molecule has 1 fully saturated rings. The van der Waals surface area contributed by atoms with Crippen molar-refractivity contribution in [2.24, 2.45) is 0 Å². The first-order valence-corrected chi connectivity index (χ1v) is 9.12. The smallest absolute Gasteiger partial charge is 0.244 e. The molecular weight excluding hydrogens is 343 g/mol. The highest BCUT2D eigenvalue weighted by Gasteiger charge is 2.32. The predicted octanol–water partition coefficient (Wildman–Crippen LogP) is 0.817. The largest absolute Gasteiger partial charge is 0.396 e. The Morgan fingerprint density at radius 2 is 2.04 bits per heavy atom. The standard InChI is InChI=1S/C17H17FN4O2S/c18-16-11-21-12-17(19)15(16)7-6-13-10-20-8-9-22(13)25(23,24)14-4-2-1-3-5-14/h1-5,11-13,20H,8-10,19H2/t13-/m0/s1. The van der Waals surface area contributed by atoms with Gasteiger partial charge in [-0.15, -0.1) is 0 Å². The molecule has 2 aromatic rings. The van der Waals surface area contributed by atoms with Gasteiger partial charge in [-0.2, -0.15) is 4.31 Å². The Morgan fingerprint density at radius 3 is 2.76 bits per heavy atom. The van der Waals surface area contributed by atoms with Gasteiger partial charge in [0.25, 0.3) is 0 Å². The van der Waals surface area contributed by atoms with E-state index in [0.29, 0.717) is 13.1 Å². The maximum absolute atomic E-state index is 13.8. The first kappa shape index (κ1) is 17.4. The van der Waals surface area contributed by atoms with Gasteiger partial charge in [-0.3, -0.25) is 4.98 Å². The molecule has 8 heteroatoms. The Balaban J connectivity index is 1.94. The highest BCUT2D eigenvalue weighted by Crippen LogP contribution is 2.19. The van der Waals surface area contributed by atoms with Crippen molar-refractivity contribution in [1.82, 2.24) is 14.6 Å². The van der Waals surface area contributed by atoms with Crippen molar-refractivity contribution < 1.29 is 12.8 Å². The molecule has 25 heavy (non-hydrogen) atoms. The van der Waals surface area contributed by atoms with Gasteiger partial charge in [-0.1, -0.05) is 30.0 Å². The van der Waals surface area contributed by atoms with Gasteiger partial charge in [0.1, 0.15) is 0 Å². The monoisotopic (exact) mass is 360 g/mol. The summed E-state index contributed by atoms with van der Waals surface area (Å²) in [5.74, 6) is 4.87. The molecule has 1 aliphatic heterocycles. The van der Waals surface area contributed by atoms with Crippen molar-refractivity contribution in [3.63, 3.8) is 0 Å². The lowest BCUT2D eigenvalue weighted by molar-refractivity contribution is 0.314. The van der Waals surface area contributed by atoms with Crippen LogP contribution in [0.3, 0.4) is 0 Å². The molecular formula is C17H17FN4O2S. The van der Waals surface area contributed by atoms with Crippen molar-refractivity contribution in [1.29, 1.82) is 0 Å². The van der Waals surface area contributed by atoms with E-state index in [9.17, 15) is 12.8 Å². The number of piperazine rings is 1. The SMILES string of the molecule is Nc1cncc(F)c1C#C[C@H]1CNCCN1S(=O)(=O)c1ccccc1. The zero-order valence-corrected chi connectivity index (χ0v) is 14.1. The molecule has 3 rings (SSSR count). The molecule has 3 N–H and O–H groups in total. The summed E-state index contributed by atoms with van der Waals surface area (Å²) >= 11 is 0. The lowest BCUT2D eigenvalue weighted by atomic mass is 10.2. The number of nitrogens with two attached hydrogens (primary N) is 1. The molecule has 0 spiro atoms. The van der Waals surface area contributed by atoms with Gasteiger partial charge >= 0.3 is 0 Å². The molecule has 1 aromatic carbocycles. The highest BCUT2D eigenvalue weighted by atomic mass is 32.2. The first-order chi connectivity index (χ1) is 12.0. The van der Waals surface area contributed by atoms with Crippen LogP contribution in [0.1, 0.15) is 5.56 Å². The minimum absolute atomic E-state index is 0.0256. The molecule has 130 valence electrons. The fraction of sp³-hybridized carbons (Fsp3) is 0.235. The molecule has 1 aliphatic rings. The number of anilines is 1. The van der Waals surface area contributed by atoms with E-state index in [-0.39, 0.29) is 22.7 Å². The van der Waals surface area contributed by atoms with E-state index < -0.39 is 21.9 Å². The van der Waals surface area contributed by atoms with Crippen LogP contribution >= 0.6 is 0 Å². The van der Waals surface area contributed by atoms with E-state index in [1.165, 1.54) is 10.5 Å². The fourth-order valence-electron chi connectivity index (χ4n) is 2.56. The molecule has 1 saturated heterocycles. The van der Waals surface area contributed by atoms with Crippen LogP contribution in [0.25, 0.3) is 0 Å². The van der Waals surface area contributed by atoms with Crippen LogP contribution in [0.2, 0.25) is 0 Å². The van der Waals surface area contributed by atoms with E-state index in [4.69, 9.17) is 5.73 Å². The summed E-state index contributed by atoms with van der Waals surface area (Å²) in [6, 6.07) is 7.56. The van der Waals surface area contributed by atoms with Gasteiger partial charge in [-0.25, -0.2) is 12.8 Å². The first-order valence-electron chi connectivity index (χ1n) is 7.68. The summed E-state index contributed by atoms with van der Waals surface area (Å²) in [6.45, 7) is 1.16. The molecule has 0 radical (unpaired) electrons. The highest BCUT2D eigenvalue weighted by molar-refractivity contribution is 7.89. The summed E-state index contributed by atoms with van der Waals surface area (Å²) in [5, 5.41) is 3.11. The van der Waals surface area contributed by atoms with Crippen molar-refractivity contribution in [3.8, 4) is 11.8 Å².